The monoisotopic (exact) mass is 378 g/mol. The van der Waals surface area contributed by atoms with Gasteiger partial charge < -0.3 is 25.7 Å². The molecule has 1 rings (SSSR count). The number of benzene rings is 1. The van der Waals surface area contributed by atoms with Gasteiger partial charge in [0.15, 0.2) is 12.2 Å². The molecule has 1 aromatic carbocycles. The van der Waals surface area contributed by atoms with Crippen molar-refractivity contribution < 1.29 is 30.0 Å². The molecule has 2 unspecified atom stereocenters. The van der Waals surface area contributed by atoms with Crippen molar-refractivity contribution in [1.29, 1.82) is 10.5 Å². The Morgan fingerprint density at radius 2 is 1.59 bits per heavy atom. The zero-order valence-electron chi connectivity index (χ0n) is 14.9. The second-order valence-electron chi connectivity index (χ2n) is 5.52. The van der Waals surface area contributed by atoms with Crippen LogP contribution in [-0.2, 0) is 6.54 Å². The zero-order chi connectivity index (χ0) is 21.0. The quantitative estimate of drug-likeness (QED) is 0.454. The lowest BCUT2D eigenvalue weighted by atomic mass is 10.1. The van der Waals surface area contributed by atoms with Crippen molar-refractivity contribution in [2.24, 2.45) is 0 Å². The number of rotatable bonds is 6. The van der Waals surface area contributed by atoms with E-state index in [1.165, 1.54) is 19.9 Å². The first-order chi connectivity index (χ1) is 12.6. The molecule has 0 radical (unpaired) electrons. The van der Waals surface area contributed by atoms with Gasteiger partial charge in [-0.3, -0.25) is 4.90 Å². The summed E-state index contributed by atoms with van der Waals surface area (Å²) < 4.78 is 0. The molecule has 10 heteroatoms. The fourth-order valence-electron chi connectivity index (χ4n) is 1.83. The molecule has 5 N–H and O–H groups in total. The van der Waals surface area contributed by atoms with Crippen LogP contribution in [0.1, 0.15) is 19.4 Å². The van der Waals surface area contributed by atoms with Gasteiger partial charge in [0.05, 0.1) is 24.2 Å². The summed E-state index contributed by atoms with van der Waals surface area (Å²) in [5.41, 5.74) is 0.812. The average molecular weight is 378 g/mol. The van der Waals surface area contributed by atoms with Crippen molar-refractivity contribution in [1.82, 2.24) is 10.2 Å². The van der Waals surface area contributed by atoms with Gasteiger partial charge in [-0.2, -0.15) is 10.5 Å². The molecule has 2 amide bonds. The molecule has 0 aliphatic rings. The number of carboxylic acid groups (broad SMARTS) is 2. The summed E-state index contributed by atoms with van der Waals surface area (Å²) in [6.45, 7) is 3.06. The van der Waals surface area contributed by atoms with Gasteiger partial charge in [0.25, 0.3) is 0 Å². The number of hydrogen-bond acceptors (Lipinski definition) is 6. The predicted octanol–water partition coefficient (Wildman–Crippen LogP) is 0.967. The van der Waals surface area contributed by atoms with Crippen LogP contribution >= 0.6 is 0 Å². The first kappa shape index (κ1) is 23.7. The van der Waals surface area contributed by atoms with Crippen molar-refractivity contribution in [3.05, 3.63) is 35.9 Å². The smallest absolute Gasteiger partial charge is 0.407 e. The van der Waals surface area contributed by atoms with E-state index in [0.29, 0.717) is 0 Å². The van der Waals surface area contributed by atoms with Crippen LogP contribution in [-0.4, -0.2) is 61.8 Å². The highest BCUT2D eigenvalue weighted by Crippen LogP contribution is 2.11. The molecule has 0 aromatic heterocycles. The van der Waals surface area contributed by atoms with Crippen molar-refractivity contribution >= 4 is 12.2 Å². The first-order valence-corrected chi connectivity index (χ1v) is 7.82. The van der Waals surface area contributed by atoms with E-state index in [4.69, 9.17) is 25.8 Å². The lowest BCUT2D eigenvalue weighted by Crippen LogP contribution is -2.43. The van der Waals surface area contributed by atoms with Crippen molar-refractivity contribution in [3.8, 4) is 12.1 Å². The summed E-state index contributed by atoms with van der Waals surface area (Å²) in [5, 5.41) is 53.8. The Morgan fingerprint density at radius 1 is 1.07 bits per heavy atom. The summed E-state index contributed by atoms with van der Waals surface area (Å²) in [6.07, 6.45) is -5.01. The maximum atomic E-state index is 11.1. The Hall–Kier alpha value is -3.34. The summed E-state index contributed by atoms with van der Waals surface area (Å²) in [6, 6.07) is 10.7. The Bertz CT molecular complexity index is 685. The van der Waals surface area contributed by atoms with Crippen LogP contribution in [0.25, 0.3) is 0 Å². The molecule has 1 aromatic rings. The van der Waals surface area contributed by atoms with Crippen molar-refractivity contribution in [2.75, 3.05) is 0 Å². The molecule has 0 fully saturated rings. The molecule has 0 bridgehead atoms. The molecule has 146 valence electrons. The van der Waals surface area contributed by atoms with E-state index < -0.39 is 36.5 Å². The summed E-state index contributed by atoms with van der Waals surface area (Å²) in [4.78, 5) is 22.0. The third-order valence-electron chi connectivity index (χ3n) is 3.48. The molecule has 27 heavy (non-hydrogen) atoms. The van der Waals surface area contributed by atoms with Crippen LogP contribution in [0.3, 0.4) is 0 Å². The standard InChI is InChI=1S/C12H14N2O3.C5H8N2O3/c1-9(11(15)7-13)14(12(16)17)8-10-5-3-2-4-6-10;1-3(4(8)2-6)7-5(9)10/h2-6,9,11,15H,8H2,1H3,(H,16,17);3-4,7-8H,1H3,(H,9,10)/t9-,11?;3-,4?/m00/s1. The lowest BCUT2D eigenvalue weighted by Gasteiger charge is -2.27. The number of hydrogen-bond donors (Lipinski definition) is 5. The molecule has 10 nitrogen and oxygen atoms in total. The first-order valence-electron chi connectivity index (χ1n) is 7.82. The molecule has 0 spiro atoms. The molecule has 0 saturated heterocycles. The number of nitrogens with one attached hydrogen (secondary N) is 1. The zero-order valence-corrected chi connectivity index (χ0v) is 14.9. The number of aliphatic hydroxyl groups is 2. The number of carbonyl (C=O) groups is 2. The van der Waals surface area contributed by atoms with E-state index >= 15 is 0 Å². The van der Waals surface area contributed by atoms with E-state index in [1.54, 1.807) is 30.3 Å². The van der Waals surface area contributed by atoms with Crippen molar-refractivity contribution in [2.45, 2.75) is 44.7 Å². The fourth-order valence-corrected chi connectivity index (χ4v) is 1.83. The van der Waals surface area contributed by atoms with Gasteiger partial charge in [0.1, 0.15) is 0 Å². The Labute approximate surface area is 156 Å². The summed E-state index contributed by atoms with van der Waals surface area (Å²) in [7, 11) is 0. The highest BCUT2D eigenvalue weighted by molar-refractivity contribution is 5.65. The van der Waals surface area contributed by atoms with E-state index in [-0.39, 0.29) is 6.54 Å². The topological polar surface area (TPSA) is 178 Å². The second kappa shape index (κ2) is 12.1. The predicted molar refractivity (Wildman–Crippen MR) is 93.3 cm³/mol. The Morgan fingerprint density at radius 3 is 2.00 bits per heavy atom. The number of aliphatic hydroxyl groups excluding tert-OH is 2. The van der Waals surface area contributed by atoms with Gasteiger partial charge in [-0.25, -0.2) is 9.59 Å². The van der Waals surface area contributed by atoms with Crippen LogP contribution in [0.15, 0.2) is 30.3 Å². The van der Waals surface area contributed by atoms with Crippen molar-refractivity contribution in [3.63, 3.8) is 0 Å². The van der Waals surface area contributed by atoms with Gasteiger partial charge in [-0.05, 0) is 19.4 Å². The third kappa shape index (κ3) is 9.07. The minimum absolute atomic E-state index is 0.149. The average Bonchev–Trinajstić information content (AvgIpc) is 2.64. The maximum Gasteiger partial charge on any atom is 0.407 e. The van der Waals surface area contributed by atoms with Gasteiger partial charge in [0, 0.05) is 6.54 Å². The molecular formula is C17H22N4O6. The van der Waals surface area contributed by atoms with Crippen LogP contribution in [0.4, 0.5) is 9.59 Å². The highest BCUT2D eigenvalue weighted by atomic mass is 16.4. The molecule has 0 aliphatic carbocycles. The molecule has 4 atom stereocenters. The maximum absolute atomic E-state index is 11.1. The SMILES string of the molecule is C[C@@H](C(O)C#N)N(Cc1ccccc1)C(=O)O.C[C@H](NC(=O)O)C(O)C#N. The molecule has 0 saturated carbocycles. The molecular weight excluding hydrogens is 356 g/mol. The molecule has 0 heterocycles. The van der Waals surface area contributed by atoms with E-state index in [1.807, 2.05) is 11.4 Å². The summed E-state index contributed by atoms with van der Waals surface area (Å²) >= 11 is 0. The number of amides is 2. The van der Waals surface area contributed by atoms with Crippen LogP contribution in [0, 0.1) is 22.7 Å². The Balaban J connectivity index is 0.000000580. The van der Waals surface area contributed by atoms with Gasteiger partial charge in [-0.1, -0.05) is 30.3 Å². The number of nitriles is 2. The fraction of sp³-hybridized carbons (Fsp3) is 0.412. The Kier molecular flexibility index (Phi) is 10.6. The summed E-state index contributed by atoms with van der Waals surface area (Å²) in [5.74, 6) is 0. The largest absolute Gasteiger partial charge is 0.465 e. The third-order valence-corrected chi connectivity index (χ3v) is 3.48. The normalized spacial score (nSPS) is 14.0. The van der Waals surface area contributed by atoms with E-state index in [9.17, 15) is 14.7 Å². The highest BCUT2D eigenvalue weighted by Gasteiger charge is 2.25. The molecule has 0 aliphatic heterocycles. The van der Waals surface area contributed by atoms with Gasteiger partial charge in [0.2, 0.25) is 0 Å². The van der Waals surface area contributed by atoms with Crippen LogP contribution < -0.4 is 5.32 Å². The minimum Gasteiger partial charge on any atom is -0.465 e. The minimum atomic E-state index is -1.32. The van der Waals surface area contributed by atoms with Crippen LogP contribution in [0.2, 0.25) is 0 Å². The number of nitrogens with zero attached hydrogens (tertiary/aromatic N) is 3. The van der Waals surface area contributed by atoms with Crippen LogP contribution in [0.5, 0.6) is 0 Å². The lowest BCUT2D eigenvalue weighted by molar-refractivity contribution is 0.0770. The van der Waals surface area contributed by atoms with E-state index in [0.717, 1.165) is 10.5 Å². The van der Waals surface area contributed by atoms with Gasteiger partial charge in [-0.15, -0.1) is 0 Å². The van der Waals surface area contributed by atoms with Gasteiger partial charge >= 0.3 is 12.2 Å². The second-order valence-corrected chi connectivity index (χ2v) is 5.52. The van der Waals surface area contributed by atoms with E-state index in [2.05, 4.69) is 0 Å².